The largest absolute Gasteiger partial charge is 0.477 e. The highest BCUT2D eigenvalue weighted by molar-refractivity contribution is 5.90. The van der Waals surface area contributed by atoms with E-state index in [0.29, 0.717) is 6.42 Å². The van der Waals surface area contributed by atoms with Crippen LogP contribution in [0.1, 0.15) is 16.8 Å². The van der Waals surface area contributed by atoms with Crippen molar-refractivity contribution in [3.05, 3.63) is 36.3 Å². The van der Waals surface area contributed by atoms with Gasteiger partial charge in [0.1, 0.15) is 11.4 Å². The molecule has 0 amide bonds. The van der Waals surface area contributed by atoms with Crippen LogP contribution in [0.25, 0.3) is 0 Å². The summed E-state index contributed by atoms with van der Waals surface area (Å²) >= 11 is 0. The molecule has 1 N–H and O–H groups in total. The Morgan fingerprint density at radius 1 is 1.73 bits per heavy atom. The smallest absolute Gasteiger partial charge is 0.341 e. The minimum absolute atomic E-state index is 0.0780. The first-order valence-electron chi connectivity index (χ1n) is 4.27. The third-order valence-electron chi connectivity index (χ3n) is 1.61. The molecule has 0 bridgehead atoms. The van der Waals surface area contributed by atoms with E-state index in [0.717, 1.165) is 12.3 Å². The summed E-state index contributed by atoms with van der Waals surface area (Å²) in [5.41, 5.74) is -0.279. The quantitative estimate of drug-likeness (QED) is 0.596. The number of halogens is 1. The first-order valence-corrected chi connectivity index (χ1v) is 4.27. The molecule has 0 aliphatic rings. The number of hydrogen-bond acceptors (Lipinski definition) is 3. The molecule has 0 aliphatic heterocycles. The first-order chi connectivity index (χ1) is 7.15. The molecule has 1 heterocycles. The molecule has 0 saturated heterocycles. The Bertz CT molecular complexity index is 379. The van der Waals surface area contributed by atoms with Crippen LogP contribution in [0.15, 0.2) is 24.9 Å². The number of hydrogen-bond donors (Lipinski definition) is 1. The van der Waals surface area contributed by atoms with Crippen LogP contribution in [0.4, 0.5) is 4.39 Å². The maximum absolute atomic E-state index is 12.7. The Morgan fingerprint density at radius 3 is 3.07 bits per heavy atom. The summed E-state index contributed by atoms with van der Waals surface area (Å²) in [6.07, 6.45) is 3.11. The van der Waals surface area contributed by atoms with E-state index < -0.39 is 11.8 Å². The molecule has 15 heavy (non-hydrogen) atoms. The highest BCUT2D eigenvalue weighted by atomic mass is 19.1. The van der Waals surface area contributed by atoms with Gasteiger partial charge in [0.2, 0.25) is 5.88 Å². The maximum atomic E-state index is 12.7. The van der Waals surface area contributed by atoms with Crippen molar-refractivity contribution in [1.29, 1.82) is 0 Å². The van der Waals surface area contributed by atoms with Gasteiger partial charge in [0.25, 0.3) is 0 Å². The van der Waals surface area contributed by atoms with Crippen molar-refractivity contribution in [2.24, 2.45) is 0 Å². The van der Waals surface area contributed by atoms with E-state index in [1.54, 1.807) is 6.08 Å². The lowest BCUT2D eigenvalue weighted by molar-refractivity contribution is 0.0690. The molecule has 1 rings (SSSR count). The number of carboxylic acid groups (broad SMARTS) is 1. The highest BCUT2D eigenvalue weighted by Gasteiger charge is 2.13. The lowest BCUT2D eigenvalue weighted by Crippen LogP contribution is -2.06. The van der Waals surface area contributed by atoms with Gasteiger partial charge in [0.15, 0.2) is 0 Å². The number of carbonyl (C=O) groups is 1. The summed E-state index contributed by atoms with van der Waals surface area (Å²) in [6, 6.07) is 0.874. The normalized spacial score (nSPS) is 9.67. The molecule has 0 aromatic carbocycles. The van der Waals surface area contributed by atoms with E-state index in [1.807, 2.05) is 0 Å². The van der Waals surface area contributed by atoms with E-state index in [9.17, 15) is 9.18 Å². The van der Waals surface area contributed by atoms with Gasteiger partial charge in [-0.15, -0.1) is 6.58 Å². The standard InChI is InChI=1S/C10H10FNO3/c1-2-3-4-15-9-8(10(13)14)5-7(11)6-12-9/h2,5-6H,1,3-4H2,(H,13,14). The lowest BCUT2D eigenvalue weighted by Gasteiger charge is -2.06. The third-order valence-corrected chi connectivity index (χ3v) is 1.61. The highest BCUT2D eigenvalue weighted by Crippen LogP contribution is 2.16. The van der Waals surface area contributed by atoms with Crippen LogP contribution >= 0.6 is 0 Å². The second-order valence-electron chi connectivity index (χ2n) is 2.74. The molecule has 1 aromatic heterocycles. The summed E-state index contributed by atoms with van der Waals surface area (Å²) in [7, 11) is 0. The molecule has 0 radical (unpaired) electrons. The molecule has 0 unspecified atom stereocenters. The molecular formula is C10H10FNO3. The Labute approximate surface area is 86.0 Å². The number of aromatic carboxylic acids is 1. The zero-order chi connectivity index (χ0) is 11.3. The van der Waals surface area contributed by atoms with Gasteiger partial charge in [-0.2, -0.15) is 0 Å². The van der Waals surface area contributed by atoms with E-state index in [2.05, 4.69) is 11.6 Å². The fourth-order valence-corrected chi connectivity index (χ4v) is 0.934. The minimum Gasteiger partial charge on any atom is -0.477 e. The van der Waals surface area contributed by atoms with Crippen molar-refractivity contribution >= 4 is 5.97 Å². The Balaban J connectivity index is 2.85. The number of pyridine rings is 1. The topological polar surface area (TPSA) is 59.4 Å². The fraction of sp³-hybridized carbons (Fsp3) is 0.200. The SMILES string of the molecule is C=CCCOc1ncc(F)cc1C(=O)O. The average molecular weight is 211 g/mol. The lowest BCUT2D eigenvalue weighted by atomic mass is 10.2. The van der Waals surface area contributed by atoms with Crippen LogP contribution < -0.4 is 4.74 Å². The van der Waals surface area contributed by atoms with Gasteiger partial charge in [-0.25, -0.2) is 14.2 Å². The summed E-state index contributed by atoms with van der Waals surface area (Å²) in [6.45, 7) is 3.75. The van der Waals surface area contributed by atoms with E-state index in [4.69, 9.17) is 9.84 Å². The Morgan fingerprint density at radius 2 is 2.47 bits per heavy atom. The zero-order valence-electron chi connectivity index (χ0n) is 7.94. The number of aromatic nitrogens is 1. The van der Waals surface area contributed by atoms with Crippen LogP contribution in [-0.4, -0.2) is 22.7 Å². The first kappa shape index (κ1) is 11.2. The van der Waals surface area contributed by atoms with E-state index >= 15 is 0 Å². The average Bonchev–Trinajstić information content (AvgIpc) is 2.20. The zero-order valence-corrected chi connectivity index (χ0v) is 7.94. The molecule has 0 aliphatic carbocycles. The summed E-state index contributed by atoms with van der Waals surface area (Å²) in [5, 5.41) is 8.74. The van der Waals surface area contributed by atoms with E-state index in [-0.39, 0.29) is 18.1 Å². The van der Waals surface area contributed by atoms with Crippen LogP contribution in [0, 0.1) is 5.82 Å². The monoisotopic (exact) mass is 211 g/mol. The third kappa shape index (κ3) is 3.05. The van der Waals surface area contributed by atoms with Crippen LogP contribution in [-0.2, 0) is 0 Å². The van der Waals surface area contributed by atoms with Gasteiger partial charge in [-0.05, 0) is 12.5 Å². The molecule has 4 nitrogen and oxygen atoms in total. The van der Waals surface area contributed by atoms with Crippen molar-refractivity contribution < 1.29 is 19.0 Å². The molecule has 80 valence electrons. The van der Waals surface area contributed by atoms with Gasteiger partial charge < -0.3 is 9.84 Å². The van der Waals surface area contributed by atoms with E-state index in [1.165, 1.54) is 0 Å². The van der Waals surface area contributed by atoms with Crippen molar-refractivity contribution in [3.8, 4) is 5.88 Å². The Kier molecular flexibility index (Phi) is 3.79. The number of carboxylic acids is 1. The minimum atomic E-state index is -1.27. The van der Waals surface area contributed by atoms with Gasteiger partial charge >= 0.3 is 5.97 Å². The summed E-state index contributed by atoms with van der Waals surface area (Å²) in [5.74, 6) is -2.05. The number of nitrogens with zero attached hydrogens (tertiary/aromatic N) is 1. The molecule has 5 heteroatoms. The second-order valence-corrected chi connectivity index (χ2v) is 2.74. The molecule has 0 atom stereocenters. The van der Waals surface area contributed by atoms with Crippen LogP contribution in [0.2, 0.25) is 0 Å². The van der Waals surface area contributed by atoms with Gasteiger partial charge in [0, 0.05) is 0 Å². The van der Waals surface area contributed by atoms with Gasteiger partial charge in [-0.3, -0.25) is 0 Å². The van der Waals surface area contributed by atoms with Crippen LogP contribution in [0.3, 0.4) is 0 Å². The molecule has 1 aromatic rings. The summed E-state index contributed by atoms with van der Waals surface area (Å²) < 4.78 is 17.8. The predicted octanol–water partition coefficient (Wildman–Crippen LogP) is 1.87. The van der Waals surface area contributed by atoms with Crippen molar-refractivity contribution in [2.45, 2.75) is 6.42 Å². The Hall–Kier alpha value is -1.91. The van der Waals surface area contributed by atoms with Gasteiger partial charge in [0.05, 0.1) is 12.8 Å². The van der Waals surface area contributed by atoms with Gasteiger partial charge in [-0.1, -0.05) is 6.08 Å². The molecule has 0 saturated carbocycles. The maximum Gasteiger partial charge on any atom is 0.341 e. The van der Waals surface area contributed by atoms with Crippen molar-refractivity contribution in [3.63, 3.8) is 0 Å². The summed E-state index contributed by atoms with van der Waals surface area (Å²) in [4.78, 5) is 14.3. The molecule has 0 fully saturated rings. The number of ether oxygens (including phenoxy) is 1. The molecular weight excluding hydrogens is 201 g/mol. The molecule has 0 spiro atoms. The predicted molar refractivity (Wildman–Crippen MR) is 51.5 cm³/mol. The number of rotatable bonds is 5. The van der Waals surface area contributed by atoms with Crippen molar-refractivity contribution in [1.82, 2.24) is 4.98 Å². The van der Waals surface area contributed by atoms with Crippen molar-refractivity contribution in [2.75, 3.05) is 6.61 Å². The second kappa shape index (κ2) is 5.09. The van der Waals surface area contributed by atoms with Crippen LogP contribution in [0.5, 0.6) is 5.88 Å². The fourth-order valence-electron chi connectivity index (χ4n) is 0.934.